The minimum absolute atomic E-state index is 0.140. The molecule has 2 amide bonds. The summed E-state index contributed by atoms with van der Waals surface area (Å²) in [6.45, 7) is 3.20. The number of rotatable bonds is 5. The van der Waals surface area contributed by atoms with Crippen LogP contribution in [0.2, 0.25) is 5.02 Å². The molecule has 24 heavy (non-hydrogen) atoms. The quantitative estimate of drug-likeness (QED) is 0.763. The van der Waals surface area contributed by atoms with Crippen LogP contribution in [0.4, 0.5) is 15.8 Å². The fraction of sp³-hybridized carbons (Fsp3) is 0.176. The second-order valence-electron chi connectivity index (χ2n) is 5.08. The lowest BCUT2D eigenvalue weighted by atomic mass is 10.3. The van der Waals surface area contributed by atoms with E-state index in [0.29, 0.717) is 11.4 Å². The van der Waals surface area contributed by atoms with Crippen LogP contribution in [0, 0.1) is 5.82 Å². The lowest BCUT2D eigenvalue weighted by Crippen LogP contribution is -2.22. The highest BCUT2D eigenvalue weighted by molar-refractivity contribution is 8.00. The van der Waals surface area contributed by atoms with Gasteiger partial charge in [-0.15, -0.1) is 11.8 Å². The van der Waals surface area contributed by atoms with E-state index in [1.54, 1.807) is 19.1 Å². The molecule has 2 aromatic carbocycles. The Kier molecular flexibility index (Phi) is 6.23. The van der Waals surface area contributed by atoms with Crippen LogP contribution in [0.15, 0.2) is 47.4 Å². The highest BCUT2D eigenvalue weighted by Crippen LogP contribution is 2.27. The summed E-state index contributed by atoms with van der Waals surface area (Å²) in [5, 5.41) is 5.13. The maximum atomic E-state index is 13.0. The Morgan fingerprint density at radius 1 is 1.12 bits per heavy atom. The normalized spacial score (nSPS) is 11.7. The van der Waals surface area contributed by atoms with E-state index in [1.807, 2.05) is 12.1 Å². The largest absolute Gasteiger partial charge is 0.326 e. The maximum absolute atomic E-state index is 13.0. The standard InChI is InChI=1S/C17H16ClFN2O2S/c1-10(17(23)21-16-8-3-12(19)9-15(16)18)24-14-6-4-13(5-7-14)20-11(2)22/h3-10H,1-2H3,(H,20,22)(H,21,23)/t10-/m1/s1. The zero-order valence-electron chi connectivity index (χ0n) is 13.1. The van der Waals surface area contributed by atoms with Gasteiger partial charge in [0.05, 0.1) is 16.0 Å². The number of hydrogen-bond acceptors (Lipinski definition) is 3. The molecule has 1 atom stereocenters. The monoisotopic (exact) mass is 366 g/mol. The molecular weight excluding hydrogens is 351 g/mol. The highest BCUT2D eigenvalue weighted by atomic mass is 35.5. The van der Waals surface area contributed by atoms with Gasteiger partial charge in [-0.25, -0.2) is 4.39 Å². The zero-order chi connectivity index (χ0) is 17.7. The number of anilines is 2. The summed E-state index contributed by atoms with van der Waals surface area (Å²) in [4.78, 5) is 24.1. The van der Waals surface area contributed by atoms with Crippen LogP contribution in [0.25, 0.3) is 0 Å². The van der Waals surface area contributed by atoms with Crippen molar-refractivity contribution >= 4 is 46.6 Å². The third kappa shape index (κ3) is 5.25. The molecule has 0 spiro atoms. The Bertz CT molecular complexity index is 753. The van der Waals surface area contributed by atoms with E-state index in [2.05, 4.69) is 10.6 Å². The third-order valence-corrected chi connectivity index (χ3v) is 4.47. The van der Waals surface area contributed by atoms with Gasteiger partial charge in [-0.1, -0.05) is 11.6 Å². The van der Waals surface area contributed by atoms with Crippen LogP contribution in [-0.4, -0.2) is 17.1 Å². The molecule has 2 N–H and O–H groups in total. The van der Waals surface area contributed by atoms with Crippen LogP contribution in [0.1, 0.15) is 13.8 Å². The van der Waals surface area contributed by atoms with Gasteiger partial charge in [-0.2, -0.15) is 0 Å². The van der Waals surface area contributed by atoms with Gasteiger partial charge in [0, 0.05) is 17.5 Å². The van der Waals surface area contributed by atoms with Crippen molar-refractivity contribution in [2.24, 2.45) is 0 Å². The molecule has 0 aliphatic carbocycles. The zero-order valence-corrected chi connectivity index (χ0v) is 14.7. The Balaban J connectivity index is 1.97. The highest BCUT2D eigenvalue weighted by Gasteiger charge is 2.16. The molecule has 0 aliphatic heterocycles. The summed E-state index contributed by atoms with van der Waals surface area (Å²) in [7, 11) is 0. The second-order valence-corrected chi connectivity index (χ2v) is 6.90. The molecule has 126 valence electrons. The molecule has 0 saturated heterocycles. The molecule has 0 radical (unpaired) electrons. The van der Waals surface area contributed by atoms with Crippen molar-refractivity contribution in [3.63, 3.8) is 0 Å². The predicted molar refractivity (Wildman–Crippen MR) is 96.1 cm³/mol. The van der Waals surface area contributed by atoms with Crippen LogP contribution >= 0.6 is 23.4 Å². The number of carbonyl (C=O) groups excluding carboxylic acids is 2. The summed E-state index contributed by atoms with van der Waals surface area (Å²) in [6, 6.07) is 11.0. The number of benzene rings is 2. The average molecular weight is 367 g/mol. The van der Waals surface area contributed by atoms with Gasteiger partial charge in [0.2, 0.25) is 11.8 Å². The smallest absolute Gasteiger partial charge is 0.237 e. The molecular formula is C17H16ClFN2O2S. The first-order chi connectivity index (χ1) is 11.3. The molecule has 7 heteroatoms. The molecule has 0 aromatic heterocycles. The number of thioether (sulfide) groups is 1. The summed E-state index contributed by atoms with van der Waals surface area (Å²) >= 11 is 7.27. The topological polar surface area (TPSA) is 58.2 Å². The Hall–Kier alpha value is -2.05. The molecule has 0 bridgehead atoms. The summed E-state index contributed by atoms with van der Waals surface area (Å²) in [6.07, 6.45) is 0. The summed E-state index contributed by atoms with van der Waals surface area (Å²) < 4.78 is 13.0. The van der Waals surface area contributed by atoms with E-state index in [0.717, 1.165) is 11.0 Å². The summed E-state index contributed by atoms with van der Waals surface area (Å²) in [5.41, 5.74) is 1.07. The van der Waals surface area contributed by atoms with E-state index in [4.69, 9.17) is 11.6 Å². The number of halogens is 2. The van der Waals surface area contributed by atoms with Gasteiger partial charge in [-0.3, -0.25) is 9.59 Å². The van der Waals surface area contributed by atoms with Crippen molar-refractivity contribution in [2.75, 3.05) is 10.6 Å². The fourth-order valence-corrected chi connectivity index (χ4v) is 2.98. The lowest BCUT2D eigenvalue weighted by Gasteiger charge is -2.13. The number of carbonyl (C=O) groups is 2. The molecule has 2 aromatic rings. The van der Waals surface area contributed by atoms with Crippen LogP contribution in [0.5, 0.6) is 0 Å². The van der Waals surface area contributed by atoms with Gasteiger partial charge in [-0.05, 0) is 49.4 Å². The first-order valence-electron chi connectivity index (χ1n) is 7.15. The van der Waals surface area contributed by atoms with Gasteiger partial charge < -0.3 is 10.6 Å². The molecule has 0 aliphatic rings. The Labute approximate surface area is 148 Å². The molecule has 0 heterocycles. The van der Waals surface area contributed by atoms with Gasteiger partial charge >= 0.3 is 0 Å². The van der Waals surface area contributed by atoms with Crippen LogP contribution < -0.4 is 10.6 Å². The van der Waals surface area contributed by atoms with Crippen LogP contribution in [0.3, 0.4) is 0 Å². The van der Waals surface area contributed by atoms with E-state index in [9.17, 15) is 14.0 Å². The van der Waals surface area contributed by atoms with Gasteiger partial charge in [0.15, 0.2) is 0 Å². The Morgan fingerprint density at radius 3 is 2.38 bits per heavy atom. The second kappa shape index (κ2) is 8.17. The van der Waals surface area contributed by atoms with Crippen molar-refractivity contribution < 1.29 is 14.0 Å². The van der Waals surface area contributed by atoms with Gasteiger partial charge in [0.25, 0.3) is 0 Å². The molecule has 0 saturated carbocycles. The first-order valence-corrected chi connectivity index (χ1v) is 8.41. The molecule has 0 unspecified atom stereocenters. The third-order valence-electron chi connectivity index (χ3n) is 3.05. The Morgan fingerprint density at radius 2 is 1.79 bits per heavy atom. The minimum Gasteiger partial charge on any atom is -0.326 e. The van der Waals surface area contributed by atoms with Crippen molar-refractivity contribution in [2.45, 2.75) is 24.0 Å². The minimum atomic E-state index is -0.459. The fourth-order valence-electron chi connectivity index (χ4n) is 1.90. The van der Waals surface area contributed by atoms with Crippen molar-refractivity contribution in [3.05, 3.63) is 53.3 Å². The predicted octanol–water partition coefficient (Wildman–Crippen LogP) is 4.56. The molecule has 2 rings (SSSR count). The van der Waals surface area contributed by atoms with E-state index in [1.165, 1.54) is 30.8 Å². The summed E-state index contributed by atoms with van der Waals surface area (Å²) in [5.74, 6) is -0.835. The molecule has 4 nitrogen and oxygen atoms in total. The maximum Gasteiger partial charge on any atom is 0.237 e. The van der Waals surface area contributed by atoms with Crippen molar-refractivity contribution in [1.29, 1.82) is 0 Å². The van der Waals surface area contributed by atoms with Crippen molar-refractivity contribution in [1.82, 2.24) is 0 Å². The number of hydrogen-bond donors (Lipinski definition) is 2. The SMILES string of the molecule is CC(=O)Nc1ccc(S[C@H](C)C(=O)Nc2ccc(F)cc2Cl)cc1. The van der Waals surface area contributed by atoms with E-state index in [-0.39, 0.29) is 22.1 Å². The average Bonchev–Trinajstić information content (AvgIpc) is 2.51. The van der Waals surface area contributed by atoms with Crippen molar-refractivity contribution in [3.8, 4) is 0 Å². The van der Waals surface area contributed by atoms with Gasteiger partial charge in [0.1, 0.15) is 5.82 Å². The molecule has 0 fully saturated rings. The number of nitrogens with one attached hydrogen (secondary N) is 2. The first kappa shape index (κ1) is 18.3. The lowest BCUT2D eigenvalue weighted by molar-refractivity contribution is -0.115. The number of amides is 2. The van der Waals surface area contributed by atoms with E-state index >= 15 is 0 Å². The van der Waals surface area contributed by atoms with E-state index < -0.39 is 5.82 Å². The van der Waals surface area contributed by atoms with Crippen LogP contribution in [-0.2, 0) is 9.59 Å².